The van der Waals surface area contributed by atoms with Crippen LogP contribution in [0.1, 0.15) is 19.3 Å². The van der Waals surface area contributed by atoms with E-state index in [1.165, 1.54) is 11.3 Å². The molecule has 0 radical (unpaired) electrons. The molecule has 0 aromatic carbocycles. The minimum Gasteiger partial charge on any atom is -0.317 e. The van der Waals surface area contributed by atoms with E-state index in [0.29, 0.717) is 11.6 Å². The highest BCUT2D eigenvalue weighted by atomic mass is 32.2. The van der Waals surface area contributed by atoms with Crippen molar-refractivity contribution >= 4 is 32.3 Å². The van der Waals surface area contributed by atoms with Gasteiger partial charge in [0, 0.05) is 35.4 Å². The number of carbonyl (C=O) groups excluding carboxylic acids is 1. The molecule has 2 fully saturated rings. The first-order valence-corrected chi connectivity index (χ1v) is 10.9. The van der Waals surface area contributed by atoms with E-state index in [1.54, 1.807) is 17.3 Å². The highest BCUT2D eigenvalue weighted by Gasteiger charge is 2.42. The fourth-order valence-corrected chi connectivity index (χ4v) is 5.53. The van der Waals surface area contributed by atoms with Crippen molar-refractivity contribution < 1.29 is 13.2 Å². The molecule has 1 aliphatic heterocycles. The summed E-state index contributed by atoms with van der Waals surface area (Å²) in [6.45, 7) is 0. The standard InChI is InChI=1S/C16H18N4O3S2/c21-16(20(12-3-4-12)13-5-7-25(22,23)10-13)19-15-18-14(9-24-15)11-2-1-6-17-8-11/h1-2,6,8-9,12-13H,3-5,7,10H2,(H,18,19,21). The van der Waals surface area contributed by atoms with Gasteiger partial charge in [0.15, 0.2) is 15.0 Å². The summed E-state index contributed by atoms with van der Waals surface area (Å²) in [4.78, 5) is 22.9. The molecule has 1 unspecified atom stereocenters. The van der Waals surface area contributed by atoms with Gasteiger partial charge in [0.25, 0.3) is 0 Å². The van der Waals surface area contributed by atoms with Gasteiger partial charge < -0.3 is 4.90 Å². The molecule has 1 saturated heterocycles. The summed E-state index contributed by atoms with van der Waals surface area (Å²) >= 11 is 1.35. The number of nitrogens with one attached hydrogen (secondary N) is 1. The molecule has 1 saturated carbocycles. The van der Waals surface area contributed by atoms with Crippen molar-refractivity contribution in [1.82, 2.24) is 14.9 Å². The van der Waals surface area contributed by atoms with Crippen molar-refractivity contribution in [3.05, 3.63) is 29.9 Å². The summed E-state index contributed by atoms with van der Waals surface area (Å²) < 4.78 is 23.5. The minimum atomic E-state index is -3.03. The molecule has 2 aliphatic rings. The maximum atomic E-state index is 12.7. The van der Waals surface area contributed by atoms with Gasteiger partial charge in [-0.3, -0.25) is 10.3 Å². The Morgan fingerprint density at radius 2 is 2.12 bits per heavy atom. The second-order valence-corrected chi connectivity index (χ2v) is 9.49. The Labute approximate surface area is 150 Å². The van der Waals surface area contributed by atoms with Crippen LogP contribution in [0.2, 0.25) is 0 Å². The van der Waals surface area contributed by atoms with E-state index >= 15 is 0 Å². The first-order valence-electron chi connectivity index (χ1n) is 8.17. The van der Waals surface area contributed by atoms with Crippen LogP contribution >= 0.6 is 11.3 Å². The van der Waals surface area contributed by atoms with E-state index in [-0.39, 0.29) is 29.6 Å². The Morgan fingerprint density at radius 1 is 1.28 bits per heavy atom. The summed E-state index contributed by atoms with van der Waals surface area (Å²) in [5, 5.41) is 5.22. The normalized spacial score (nSPS) is 21.8. The second-order valence-electron chi connectivity index (χ2n) is 6.41. The lowest BCUT2D eigenvalue weighted by atomic mass is 10.2. The lowest BCUT2D eigenvalue weighted by Crippen LogP contribution is -2.45. The number of pyridine rings is 1. The van der Waals surface area contributed by atoms with Crippen molar-refractivity contribution in [3.8, 4) is 11.3 Å². The molecule has 1 aliphatic carbocycles. The molecular formula is C16H18N4O3S2. The van der Waals surface area contributed by atoms with Gasteiger partial charge >= 0.3 is 6.03 Å². The Hall–Kier alpha value is -2.00. The number of rotatable bonds is 4. The van der Waals surface area contributed by atoms with E-state index in [4.69, 9.17) is 0 Å². The molecule has 2 aromatic rings. The van der Waals surface area contributed by atoms with Crippen molar-refractivity contribution in [3.63, 3.8) is 0 Å². The molecule has 1 N–H and O–H groups in total. The average molecular weight is 378 g/mol. The van der Waals surface area contributed by atoms with Crippen LogP contribution in [0.5, 0.6) is 0 Å². The second kappa shape index (κ2) is 6.38. The maximum absolute atomic E-state index is 12.7. The van der Waals surface area contributed by atoms with Gasteiger partial charge in [0.05, 0.1) is 17.2 Å². The number of nitrogens with zero attached hydrogens (tertiary/aromatic N) is 3. The van der Waals surface area contributed by atoms with Crippen LogP contribution in [0.15, 0.2) is 29.9 Å². The van der Waals surface area contributed by atoms with Crippen molar-refractivity contribution in [1.29, 1.82) is 0 Å². The number of hydrogen-bond acceptors (Lipinski definition) is 6. The third-order valence-electron chi connectivity index (χ3n) is 4.45. The van der Waals surface area contributed by atoms with Crippen LogP contribution in [0.4, 0.5) is 9.93 Å². The molecule has 7 nitrogen and oxygen atoms in total. The van der Waals surface area contributed by atoms with Crippen molar-refractivity contribution in [2.45, 2.75) is 31.3 Å². The van der Waals surface area contributed by atoms with Crippen LogP contribution in [-0.2, 0) is 9.84 Å². The monoisotopic (exact) mass is 378 g/mol. The molecule has 1 atom stereocenters. The van der Waals surface area contributed by atoms with Gasteiger partial charge in [0.2, 0.25) is 0 Å². The Kier molecular flexibility index (Phi) is 4.20. The fraction of sp³-hybridized carbons (Fsp3) is 0.438. The molecule has 2 amide bonds. The largest absolute Gasteiger partial charge is 0.324 e. The highest BCUT2D eigenvalue weighted by Crippen LogP contribution is 2.33. The third kappa shape index (κ3) is 3.67. The summed E-state index contributed by atoms with van der Waals surface area (Å²) in [5.41, 5.74) is 1.65. The molecule has 0 bridgehead atoms. The zero-order valence-electron chi connectivity index (χ0n) is 13.5. The minimum absolute atomic E-state index is 0.0652. The van der Waals surface area contributed by atoms with E-state index in [0.717, 1.165) is 24.1 Å². The number of urea groups is 1. The zero-order valence-corrected chi connectivity index (χ0v) is 15.1. The van der Waals surface area contributed by atoms with Crippen molar-refractivity contribution in [2.75, 3.05) is 16.8 Å². The number of hydrogen-bond donors (Lipinski definition) is 1. The number of amides is 2. The molecule has 3 heterocycles. The first-order chi connectivity index (χ1) is 12.0. The SMILES string of the molecule is O=C(Nc1nc(-c2cccnc2)cs1)N(C1CC1)C1CCS(=O)(=O)C1. The summed E-state index contributed by atoms with van der Waals surface area (Å²) in [6, 6.07) is 3.42. The number of anilines is 1. The summed E-state index contributed by atoms with van der Waals surface area (Å²) in [6.07, 6.45) is 5.80. The average Bonchev–Trinajstić information content (AvgIpc) is 3.19. The zero-order chi connectivity index (χ0) is 17.4. The lowest BCUT2D eigenvalue weighted by molar-refractivity contribution is 0.190. The summed E-state index contributed by atoms with van der Waals surface area (Å²) in [7, 11) is -3.03. The fourth-order valence-electron chi connectivity index (χ4n) is 3.11. The van der Waals surface area contributed by atoms with Crippen LogP contribution in [-0.4, -0.2) is 52.9 Å². The van der Waals surface area contributed by atoms with Crippen LogP contribution < -0.4 is 5.32 Å². The molecule has 2 aromatic heterocycles. The maximum Gasteiger partial charge on any atom is 0.324 e. The Morgan fingerprint density at radius 3 is 2.76 bits per heavy atom. The summed E-state index contributed by atoms with van der Waals surface area (Å²) in [5.74, 6) is 0.228. The highest BCUT2D eigenvalue weighted by molar-refractivity contribution is 7.91. The molecule has 132 valence electrons. The van der Waals surface area contributed by atoms with Gasteiger partial charge in [-0.05, 0) is 31.4 Å². The number of aromatic nitrogens is 2. The quantitative estimate of drug-likeness (QED) is 0.882. The number of thiazole rings is 1. The van der Waals surface area contributed by atoms with E-state index in [2.05, 4.69) is 15.3 Å². The van der Waals surface area contributed by atoms with E-state index in [9.17, 15) is 13.2 Å². The van der Waals surface area contributed by atoms with Crippen LogP contribution in [0, 0.1) is 0 Å². The first kappa shape index (κ1) is 16.5. The topological polar surface area (TPSA) is 92.3 Å². The number of sulfone groups is 1. The molecule has 0 spiro atoms. The molecule has 4 rings (SSSR count). The lowest BCUT2D eigenvalue weighted by Gasteiger charge is -2.27. The van der Waals surface area contributed by atoms with Gasteiger partial charge in [-0.25, -0.2) is 18.2 Å². The molecule has 25 heavy (non-hydrogen) atoms. The van der Waals surface area contributed by atoms with Gasteiger partial charge in [-0.1, -0.05) is 0 Å². The van der Waals surface area contributed by atoms with Crippen LogP contribution in [0.25, 0.3) is 11.3 Å². The third-order valence-corrected chi connectivity index (χ3v) is 6.96. The van der Waals surface area contributed by atoms with Crippen LogP contribution in [0.3, 0.4) is 0 Å². The van der Waals surface area contributed by atoms with Gasteiger partial charge in [-0.15, -0.1) is 11.3 Å². The van der Waals surface area contributed by atoms with E-state index < -0.39 is 9.84 Å². The number of carbonyl (C=O) groups is 1. The van der Waals surface area contributed by atoms with Gasteiger partial charge in [0.1, 0.15) is 0 Å². The van der Waals surface area contributed by atoms with Crippen molar-refractivity contribution in [2.24, 2.45) is 0 Å². The predicted octanol–water partition coefficient (Wildman–Crippen LogP) is 2.39. The molecule has 9 heteroatoms. The van der Waals surface area contributed by atoms with E-state index in [1.807, 2.05) is 17.5 Å². The smallest absolute Gasteiger partial charge is 0.317 e. The molecular weight excluding hydrogens is 360 g/mol. The van der Waals surface area contributed by atoms with Gasteiger partial charge in [-0.2, -0.15) is 0 Å². The predicted molar refractivity (Wildman–Crippen MR) is 96.3 cm³/mol. The Bertz CT molecular complexity index is 878. The Balaban J connectivity index is 1.48.